The van der Waals surface area contributed by atoms with Crippen LogP contribution >= 0.6 is 15.9 Å². The number of benzene rings is 4. The summed E-state index contributed by atoms with van der Waals surface area (Å²) >= 11 is 3.47. The Labute approximate surface area is 224 Å². The van der Waals surface area contributed by atoms with Crippen molar-refractivity contribution in [3.63, 3.8) is 0 Å². The van der Waals surface area contributed by atoms with Crippen LogP contribution in [-0.4, -0.2) is 15.9 Å². The monoisotopic (exact) mass is 553 g/mol. The van der Waals surface area contributed by atoms with E-state index < -0.39 is 0 Å². The molecule has 1 heterocycles. The molecule has 0 bridgehead atoms. The molecule has 0 saturated carbocycles. The van der Waals surface area contributed by atoms with Crippen molar-refractivity contribution in [2.75, 3.05) is 0 Å². The molecule has 1 atom stereocenters. The van der Waals surface area contributed by atoms with Crippen LogP contribution in [0.1, 0.15) is 48.7 Å². The van der Waals surface area contributed by atoms with Gasteiger partial charge >= 0.3 is 0 Å². The van der Waals surface area contributed by atoms with E-state index in [1.165, 1.54) is 10.2 Å². The minimum atomic E-state index is -0.194. The van der Waals surface area contributed by atoms with Gasteiger partial charge in [-0.05, 0) is 53.9 Å². The van der Waals surface area contributed by atoms with Gasteiger partial charge in [0.05, 0.1) is 17.1 Å². The van der Waals surface area contributed by atoms with Crippen molar-refractivity contribution in [3.05, 3.63) is 116 Å². The van der Waals surface area contributed by atoms with Gasteiger partial charge in [-0.2, -0.15) is 9.78 Å². The Morgan fingerprint density at radius 3 is 2.59 bits per heavy atom. The van der Waals surface area contributed by atoms with E-state index in [9.17, 15) is 4.79 Å². The lowest BCUT2D eigenvalue weighted by molar-refractivity contribution is 0.306. The summed E-state index contributed by atoms with van der Waals surface area (Å²) in [4.78, 5) is 18.4. The molecule has 0 fully saturated rings. The molecule has 5 rings (SSSR count). The van der Waals surface area contributed by atoms with Gasteiger partial charge in [-0.3, -0.25) is 4.79 Å². The molecular weight excluding hydrogens is 526 g/mol. The highest BCUT2D eigenvalue weighted by molar-refractivity contribution is 9.10. The molecular formula is C31H28BrN3O2. The minimum absolute atomic E-state index is 0.0580. The molecule has 6 heteroatoms. The summed E-state index contributed by atoms with van der Waals surface area (Å²) in [5, 5.41) is 7.32. The smallest absolute Gasteiger partial charge is 0.282 e. The van der Waals surface area contributed by atoms with Gasteiger partial charge in [-0.1, -0.05) is 89.9 Å². The number of hydrogen-bond acceptors (Lipinski definition) is 4. The van der Waals surface area contributed by atoms with Crippen molar-refractivity contribution >= 4 is 43.8 Å². The van der Waals surface area contributed by atoms with Crippen LogP contribution in [0.2, 0.25) is 0 Å². The Morgan fingerprint density at radius 2 is 1.81 bits per heavy atom. The van der Waals surface area contributed by atoms with Crippen LogP contribution in [0.3, 0.4) is 0 Å². The van der Waals surface area contributed by atoms with E-state index in [1.54, 1.807) is 12.3 Å². The molecule has 0 amide bonds. The van der Waals surface area contributed by atoms with E-state index in [2.05, 4.69) is 67.0 Å². The highest BCUT2D eigenvalue weighted by atomic mass is 79.9. The van der Waals surface area contributed by atoms with Gasteiger partial charge in [0.25, 0.3) is 5.56 Å². The van der Waals surface area contributed by atoms with E-state index in [4.69, 9.17) is 14.8 Å². The number of hydrogen-bond donors (Lipinski definition) is 0. The maximum atomic E-state index is 13.6. The molecule has 5 aromatic rings. The Bertz CT molecular complexity index is 1670. The van der Waals surface area contributed by atoms with Crippen molar-refractivity contribution in [1.29, 1.82) is 0 Å². The second-order valence-corrected chi connectivity index (χ2v) is 10.2. The molecule has 0 N–H and O–H groups in total. The summed E-state index contributed by atoms with van der Waals surface area (Å²) in [6, 6.07) is 26.0. The zero-order valence-electron chi connectivity index (χ0n) is 21.1. The molecule has 1 aromatic heterocycles. The van der Waals surface area contributed by atoms with E-state index in [1.807, 2.05) is 42.5 Å². The molecule has 0 aliphatic rings. The lowest BCUT2D eigenvalue weighted by atomic mass is 10.0. The summed E-state index contributed by atoms with van der Waals surface area (Å²) in [6.45, 7) is 6.65. The van der Waals surface area contributed by atoms with E-state index in [-0.39, 0.29) is 11.5 Å². The Morgan fingerprint density at radius 1 is 1.03 bits per heavy atom. The summed E-state index contributed by atoms with van der Waals surface area (Å²) < 4.78 is 8.54. The number of rotatable bonds is 7. The second kappa shape index (κ2) is 10.7. The number of aromatic nitrogens is 2. The van der Waals surface area contributed by atoms with Crippen LogP contribution < -0.4 is 10.3 Å². The highest BCUT2D eigenvalue weighted by Gasteiger charge is 2.16. The van der Waals surface area contributed by atoms with Crippen molar-refractivity contribution in [2.45, 2.75) is 39.7 Å². The third kappa shape index (κ3) is 5.20. The molecule has 0 radical (unpaired) electrons. The molecule has 37 heavy (non-hydrogen) atoms. The third-order valence-electron chi connectivity index (χ3n) is 6.63. The first-order valence-corrected chi connectivity index (χ1v) is 13.2. The molecule has 0 saturated heterocycles. The molecule has 0 unspecified atom stereocenters. The number of ether oxygens (including phenoxy) is 1. The van der Waals surface area contributed by atoms with Crippen molar-refractivity contribution in [3.8, 4) is 5.75 Å². The summed E-state index contributed by atoms with van der Waals surface area (Å²) in [5.41, 5.74) is 3.59. The standard InChI is InChI=1S/C31H28BrN3O2/c1-4-21(3)30-34-28-15-14-24(32)17-26(28)31(36)35(30)33-18-27-25-8-6-5-7-23(25)13-16-29(27)37-19-22-11-9-20(2)10-12-22/h5-18,21H,4,19H2,1-3H3/t21-/m1/s1. The molecule has 5 nitrogen and oxygen atoms in total. The SMILES string of the molecule is CC[C@@H](C)c1nc2ccc(Br)cc2c(=O)n1N=Cc1c(OCc2ccc(C)cc2)ccc2ccccc12. The first kappa shape index (κ1) is 24.9. The van der Waals surface area contributed by atoms with Gasteiger partial charge in [0, 0.05) is 16.0 Å². The van der Waals surface area contributed by atoms with Crippen LogP contribution in [0, 0.1) is 6.92 Å². The van der Waals surface area contributed by atoms with Gasteiger partial charge in [-0.15, -0.1) is 0 Å². The Hall–Kier alpha value is -3.77. The third-order valence-corrected chi connectivity index (χ3v) is 7.13. The maximum absolute atomic E-state index is 13.6. The van der Waals surface area contributed by atoms with Crippen molar-refractivity contribution < 1.29 is 4.74 Å². The van der Waals surface area contributed by atoms with Gasteiger partial charge in [0.15, 0.2) is 0 Å². The molecule has 4 aromatic carbocycles. The second-order valence-electron chi connectivity index (χ2n) is 9.28. The first-order valence-electron chi connectivity index (χ1n) is 12.4. The Kier molecular flexibility index (Phi) is 7.19. The van der Waals surface area contributed by atoms with Gasteiger partial charge in [-0.25, -0.2) is 4.98 Å². The lowest BCUT2D eigenvalue weighted by Crippen LogP contribution is -2.23. The van der Waals surface area contributed by atoms with Crippen LogP contribution in [0.15, 0.2) is 93.2 Å². The zero-order chi connectivity index (χ0) is 25.9. The van der Waals surface area contributed by atoms with Crippen molar-refractivity contribution in [2.24, 2.45) is 5.10 Å². The largest absolute Gasteiger partial charge is 0.488 e. The predicted octanol–water partition coefficient (Wildman–Crippen LogP) is 7.60. The molecule has 186 valence electrons. The number of halogens is 1. The summed E-state index contributed by atoms with van der Waals surface area (Å²) in [5.74, 6) is 1.40. The number of aryl methyl sites for hydroxylation is 1. The minimum Gasteiger partial charge on any atom is -0.488 e. The topological polar surface area (TPSA) is 56.5 Å². The van der Waals surface area contributed by atoms with Gasteiger partial charge in [0.2, 0.25) is 0 Å². The predicted molar refractivity (Wildman–Crippen MR) is 155 cm³/mol. The van der Waals surface area contributed by atoms with Crippen LogP contribution in [0.25, 0.3) is 21.7 Å². The lowest BCUT2D eigenvalue weighted by Gasteiger charge is -2.15. The normalized spacial score (nSPS) is 12.4. The molecule has 0 spiro atoms. The first-order chi connectivity index (χ1) is 17.9. The van der Waals surface area contributed by atoms with Crippen molar-refractivity contribution in [1.82, 2.24) is 9.66 Å². The van der Waals surface area contributed by atoms with E-state index in [0.29, 0.717) is 29.1 Å². The summed E-state index contributed by atoms with van der Waals surface area (Å²) in [6.07, 6.45) is 2.56. The quantitative estimate of drug-likeness (QED) is 0.195. The Balaban J connectivity index is 1.63. The van der Waals surface area contributed by atoms with Gasteiger partial charge < -0.3 is 4.74 Å². The number of fused-ring (bicyclic) bond motifs is 2. The summed E-state index contributed by atoms with van der Waals surface area (Å²) in [7, 11) is 0. The average molecular weight is 554 g/mol. The highest BCUT2D eigenvalue weighted by Crippen LogP contribution is 2.28. The number of nitrogens with zero attached hydrogens (tertiary/aromatic N) is 3. The fourth-order valence-electron chi connectivity index (χ4n) is 4.27. The van der Waals surface area contributed by atoms with Crippen LogP contribution in [0.4, 0.5) is 0 Å². The van der Waals surface area contributed by atoms with Crippen LogP contribution in [-0.2, 0) is 6.61 Å². The van der Waals surface area contributed by atoms with E-state index >= 15 is 0 Å². The fraction of sp³-hybridized carbons (Fsp3) is 0.194. The average Bonchev–Trinajstić information content (AvgIpc) is 2.92. The molecule has 0 aliphatic heterocycles. The molecule has 0 aliphatic carbocycles. The fourth-order valence-corrected chi connectivity index (χ4v) is 4.64. The maximum Gasteiger partial charge on any atom is 0.282 e. The van der Waals surface area contributed by atoms with Gasteiger partial charge in [0.1, 0.15) is 18.2 Å². The van der Waals surface area contributed by atoms with E-state index in [0.717, 1.165) is 32.8 Å². The van der Waals surface area contributed by atoms with Crippen LogP contribution in [0.5, 0.6) is 5.75 Å². The zero-order valence-corrected chi connectivity index (χ0v) is 22.7.